The first-order chi connectivity index (χ1) is 17.7. The van der Waals surface area contributed by atoms with Gasteiger partial charge < -0.3 is 19.7 Å². The standard InChI is InChI=1S/C26H34ClN3O6S/c1-4-14-28-26(32)22(5-2)29(17-19-9-6-7-10-21(19)27)25(31)11-8-15-30(37(3,33)34)20-12-13-23-24(16-20)36-18-35-23/h6-7,9-10,12-13,16,22H,4-5,8,11,14-15,17-18H2,1-3H3,(H,28,32). The van der Waals surface area contributed by atoms with Crippen LogP contribution in [-0.2, 0) is 26.2 Å². The van der Waals surface area contributed by atoms with Gasteiger partial charge in [-0.05, 0) is 43.0 Å². The lowest BCUT2D eigenvalue weighted by atomic mass is 10.1. The molecular weight excluding hydrogens is 518 g/mol. The van der Waals surface area contributed by atoms with Crippen molar-refractivity contribution in [3.63, 3.8) is 0 Å². The van der Waals surface area contributed by atoms with Gasteiger partial charge in [-0.1, -0.05) is 43.6 Å². The fourth-order valence-corrected chi connectivity index (χ4v) is 5.29. The normalized spacial score (nSPS) is 13.2. The number of ether oxygens (including phenoxy) is 2. The maximum atomic E-state index is 13.5. The number of sulfonamides is 1. The number of hydrogen-bond donors (Lipinski definition) is 1. The Morgan fingerprint density at radius 1 is 1.11 bits per heavy atom. The van der Waals surface area contributed by atoms with Gasteiger partial charge in [0.25, 0.3) is 0 Å². The molecule has 1 aliphatic rings. The highest BCUT2D eigenvalue weighted by Crippen LogP contribution is 2.36. The Morgan fingerprint density at radius 3 is 2.51 bits per heavy atom. The topological polar surface area (TPSA) is 105 Å². The molecule has 0 fully saturated rings. The number of carbonyl (C=O) groups excluding carboxylic acids is 2. The van der Waals surface area contributed by atoms with Crippen molar-refractivity contribution in [2.24, 2.45) is 0 Å². The van der Waals surface area contributed by atoms with E-state index in [9.17, 15) is 18.0 Å². The Morgan fingerprint density at radius 2 is 1.84 bits per heavy atom. The summed E-state index contributed by atoms with van der Waals surface area (Å²) in [6.45, 7) is 4.67. The predicted octanol–water partition coefficient (Wildman–Crippen LogP) is 3.95. The van der Waals surface area contributed by atoms with E-state index < -0.39 is 16.1 Å². The van der Waals surface area contributed by atoms with E-state index in [2.05, 4.69) is 5.32 Å². The molecule has 1 unspecified atom stereocenters. The lowest BCUT2D eigenvalue weighted by Gasteiger charge is -2.31. The Hall–Kier alpha value is -2.98. The minimum absolute atomic E-state index is 0.0541. The molecule has 1 aliphatic heterocycles. The molecule has 9 nitrogen and oxygen atoms in total. The largest absolute Gasteiger partial charge is 0.454 e. The number of nitrogens with zero attached hydrogens (tertiary/aromatic N) is 2. The van der Waals surface area contributed by atoms with Gasteiger partial charge in [0.15, 0.2) is 11.5 Å². The van der Waals surface area contributed by atoms with Crippen LogP contribution in [0.25, 0.3) is 0 Å². The molecule has 1 N–H and O–H groups in total. The van der Waals surface area contributed by atoms with Crippen LogP contribution in [0.1, 0.15) is 45.1 Å². The molecule has 0 aromatic heterocycles. The molecule has 0 spiro atoms. The van der Waals surface area contributed by atoms with Gasteiger partial charge in [0.2, 0.25) is 28.6 Å². The number of hydrogen-bond acceptors (Lipinski definition) is 6. The summed E-state index contributed by atoms with van der Waals surface area (Å²) in [5.74, 6) is 0.548. The molecule has 2 aromatic carbocycles. The molecule has 0 aliphatic carbocycles. The molecule has 0 bridgehead atoms. The van der Waals surface area contributed by atoms with Gasteiger partial charge in [0, 0.05) is 37.1 Å². The minimum atomic E-state index is -3.62. The zero-order valence-electron chi connectivity index (χ0n) is 21.4. The Balaban J connectivity index is 1.76. The molecular formula is C26H34ClN3O6S. The predicted molar refractivity (Wildman–Crippen MR) is 143 cm³/mol. The fourth-order valence-electron chi connectivity index (χ4n) is 4.14. The van der Waals surface area contributed by atoms with Crippen molar-refractivity contribution in [2.75, 3.05) is 30.4 Å². The highest BCUT2D eigenvalue weighted by Gasteiger charge is 2.29. The highest BCUT2D eigenvalue weighted by atomic mass is 35.5. The van der Waals surface area contributed by atoms with E-state index in [1.807, 2.05) is 26.0 Å². The highest BCUT2D eigenvalue weighted by molar-refractivity contribution is 7.92. The zero-order chi connectivity index (χ0) is 27.0. The van der Waals surface area contributed by atoms with Crippen LogP contribution in [0.2, 0.25) is 5.02 Å². The summed E-state index contributed by atoms with van der Waals surface area (Å²) in [5.41, 5.74) is 1.16. The Kier molecular flexibility index (Phi) is 10.0. The van der Waals surface area contributed by atoms with E-state index in [0.717, 1.165) is 18.2 Å². The van der Waals surface area contributed by atoms with Crippen LogP contribution < -0.4 is 19.1 Å². The van der Waals surface area contributed by atoms with Gasteiger partial charge >= 0.3 is 0 Å². The molecule has 37 heavy (non-hydrogen) atoms. The summed E-state index contributed by atoms with van der Waals surface area (Å²) in [4.78, 5) is 27.9. The van der Waals surface area contributed by atoms with E-state index in [1.165, 1.54) is 9.21 Å². The smallest absolute Gasteiger partial charge is 0.242 e. The van der Waals surface area contributed by atoms with E-state index in [0.29, 0.717) is 35.2 Å². The van der Waals surface area contributed by atoms with Crippen LogP contribution in [0, 0.1) is 0 Å². The van der Waals surface area contributed by atoms with Crippen LogP contribution in [0.4, 0.5) is 5.69 Å². The zero-order valence-corrected chi connectivity index (χ0v) is 23.0. The minimum Gasteiger partial charge on any atom is -0.454 e. The lowest BCUT2D eigenvalue weighted by molar-refractivity contribution is -0.141. The first-order valence-corrected chi connectivity index (χ1v) is 14.6. The molecule has 1 atom stereocenters. The SMILES string of the molecule is CCCNC(=O)C(CC)N(Cc1ccccc1Cl)C(=O)CCCN(c1ccc2c(c1)OCO2)S(C)(=O)=O. The summed E-state index contributed by atoms with van der Waals surface area (Å²) in [5, 5.41) is 3.39. The summed E-state index contributed by atoms with van der Waals surface area (Å²) >= 11 is 6.36. The second kappa shape index (κ2) is 13.0. The second-order valence-electron chi connectivity index (χ2n) is 8.80. The average molecular weight is 552 g/mol. The van der Waals surface area contributed by atoms with Gasteiger partial charge in [-0.15, -0.1) is 0 Å². The van der Waals surface area contributed by atoms with Crippen molar-refractivity contribution in [1.29, 1.82) is 0 Å². The van der Waals surface area contributed by atoms with Crippen LogP contribution in [0.3, 0.4) is 0 Å². The van der Waals surface area contributed by atoms with Crippen LogP contribution in [-0.4, -0.2) is 57.3 Å². The van der Waals surface area contributed by atoms with Crippen molar-refractivity contribution in [3.05, 3.63) is 53.1 Å². The number of fused-ring (bicyclic) bond motifs is 1. The van der Waals surface area contributed by atoms with Gasteiger partial charge in [-0.2, -0.15) is 0 Å². The average Bonchev–Trinajstić information content (AvgIpc) is 3.33. The van der Waals surface area contributed by atoms with Crippen LogP contribution >= 0.6 is 11.6 Å². The summed E-state index contributed by atoms with van der Waals surface area (Å²) < 4.78 is 37.0. The van der Waals surface area contributed by atoms with E-state index in [-0.39, 0.29) is 44.5 Å². The summed E-state index contributed by atoms with van der Waals surface area (Å²) in [6.07, 6.45) is 2.64. The van der Waals surface area contributed by atoms with E-state index >= 15 is 0 Å². The maximum absolute atomic E-state index is 13.5. The third-order valence-corrected chi connectivity index (χ3v) is 7.59. The summed E-state index contributed by atoms with van der Waals surface area (Å²) in [6, 6.07) is 11.4. The second-order valence-corrected chi connectivity index (χ2v) is 11.1. The first-order valence-electron chi connectivity index (χ1n) is 12.3. The van der Waals surface area contributed by atoms with Crippen molar-refractivity contribution in [1.82, 2.24) is 10.2 Å². The van der Waals surface area contributed by atoms with Crippen molar-refractivity contribution >= 4 is 39.1 Å². The van der Waals surface area contributed by atoms with Crippen molar-refractivity contribution in [3.8, 4) is 11.5 Å². The fraction of sp³-hybridized carbons (Fsp3) is 0.462. The van der Waals surface area contributed by atoms with Crippen LogP contribution in [0.15, 0.2) is 42.5 Å². The molecule has 2 amide bonds. The molecule has 1 heterocycles. The number of amides is 2. The van der Waals surface area contributed by atoms with E-state index in [1.54, 1.807) is 30.3 Å². The van der Waals surface area contributed by atoms with Gasteiger partial charge in [-0.3, -0.25) is 13.9 Å². The lowest BCUT2D eigenvalue weighted by Crippen LogP contribution is -2.49. The third-order valence-electron chi connectivity index (χ3n) is 6.03. The number of halogens is 1. The summed E-state index contributed by atoms with van der Waals surface area (Å²) in [7, 11) is -3.62. The van der Waals surface area contributed by atoms with E-state index in [4.69, 9.17) is 21.1 Å². The number of benzene rings is 2. The van der Waals surface area contributed by atoms with Gasteiger partial charge in [0.1, 0.15) is 6.04 Å². The van der Waals surface area contributed by atoms with Gasteiger partial charge in [-0.25, -0.2) is 8.42 Å². The Labute approximate surface area is 223 Å². The van der Waals surface area contributed by atoms with Crippen LogP contribution in [0.5, 0.6) is 11.5 Å². The number of rotatable bonds is 13. The molecule has 2 aromatic rings. The molecule has 3 rings (SSSR count). The molecule has 0 radical (unpaired) electrons. The maximum Gasteiger partial charge on any atom is 0.242 e. The van der Waals surface area contributed by atoms with Crippen molar-refractivity contribution in [2.45, 2.75) is 52.1 Å². The molecule has 0 saturated heterocycles. The number of carbonyl (C=O) groups is 2. The first kappa shape index (κ1) is 28.6. The quantitative estimate of drug-likeness (QED) is 0.404. The number of nitrogens with one attached hydrogen (secondary N) is 1. The van der Waals surface area contributed by atoms with Crippen molar-refractivity contribution < 1.29 is 27.5 Å². The third kappa shape index (κ3) is 7.52. The number of anilines is 1. The molecule has 11 heteroatoms. The Bertz CT molecular complexity index is 1210. The monoisotopic (exact) mass is 551 g/mol. The molecule has 0 saturated carbocycles. The van der Waals surface area contributed by atoms with Gasteiger partial charge in [0.05, 0.1) is 11.9 Å². The molecule has 202 valence electrons.